The second-order valence-electron chi connectivity index (χ2n) is 6.04. The summed E-state index contributed by atoms with van der Waals surface area (Å²) in [5.74, 6) is 0.411. The zero-order valence-electron chi connectivity index (χ0n) is 14.2. The first-order valence-corrected chi connectivity index (χ1v) is 8.13. The topological polar surface area (TPSA) is 55.1 Å². The van der Waals surface area contributed by atoms with Gasteiger partial charge < -0.3 is 5.32 Å². The van der Waals surface area contributed by atoms with Crippen LogP contribution in [-0.2, 0) is 6.18 Å². The minimum atomic E-state index is -4.36. The number of pyridine rings is 2. The van der Waals surface area contributed by atoms with Gasteiger partial charge in [-0.15, -0.1) is 10.2 Å². The predicted octanol–water partition coefficient (Wildman–Crippen LogP) is 4.86. The van der Waals surface area contributed by atoms with Gasteiger partial charge in [0.15, 0.2) is 5.65 Å². The van der Waals surface area contributed by atoms with Crippen LogP contribution in [0, 0.1) is 6.92 Å². The van der Waals surface area contributed by atoms with Gasteiger partial charge in [-0.3, -0.25) is 9.38 Å². The van der Waals surface area contributed by atoms with Crippen LogP contribution in [-0.4, -0.2) is 19.6 Å². The highest BCUT2D eigenvalue weighted by Crippen LogP contribution is 2.30. The maximum Gasteiger partial charge on any atom is 0.416 e. The van der Waals surface area contributed by atoms with Crippen molar-refractivity contribution in [3.05, 3.63) is 72.1 Å². The van der Waals surface area contributed by atoms with Crippen molar-refractivity contribution in [3.8, 4) is 11.3 Å². The number of nitrogens with one attached hydrogen (secondary N) is 1. The Hall–Kier alpha value is -3.42. The third-order valence-corrected chi connectivity index (χ3v) is 4.16. The third-order valence-electron chi connectivity index (χ3n) is 4.16. The fourth-order valence-electron chi connectivity index (χ4n) is 2.78. The SMILES string of the molecule is Cc1cccnc1-c1ccn2c(Nc3ccc(C(F)(F)F)cc3)nnc2c1. The first kappa shape index (κ1) is 17.0. The first-order chi connectivity index (χ1) is 12.9. The van der Waals surface area contributed by atoms with Crippen LogP contribution in [0.4, 0.5) is 24.8 Å². The van der Waals surface area contributed by atoms with E-state index >= 15 is 0 Å². The van der Waals surface area contributed by atoms with Gasteiger partial charge in [-0.1, -0.05) is 6.07 Å². The number of aromatic nitrogens is 4. The molecule has 0 saturated heterocycles. The van der Waals surface area contributed by atoms with E-state index in [2.05, 4.69) is 20.5 Å². The predicted molar refractivity (Wildman–Crippen MR) is 95.7 cm³/mol. The van der Waals surface area contributed by atoms with Crippen molar-refractivity contribution < 1.29 is 13.2 Å². The number of hydrogen-bond acceptors (Lipinski definition) is 4. The zero-order chi connectivity index (χ0) is 19.0. The average Bonchev–Trinajstić information content (AvgIpc) is 3.04. The lowest BCUT2D eigenvalue weighted by atomic mass is 10.1. The summed E-state index contributed by atoms with van der Waals surface area (Å²) in [6, 6.07) is 12.4. The molecule has 3 aromatic heterocycles. The molecule has 0 spiro atoms. The smallest absolute Gasteiger partial charge is 0.324 e. The Labute approximate surface area is 152 Å². The van der Waals surface area contributed by atoms with Crippen LogP contribution in [0.2, 0.25) is 0 Å². The van der Waals surface area contributed by atoms with Crippen LogP contribution in [0.25, 0.3) is 16.9 Å². The van der Waals surface area contributed by atoms with Crippen molar-refractivity contribution in [2.24, 2.45) is 0 Å². The molecule has 4 aromatic rings. The summed E-state index contributed by atoms with van der Waals surface area (Å²) in [6.07, 6.45) is -0.834. The number of nitrogens with zero attached hydrogens (tertiary/aromatic N) is 4. The van der Waals surface area contributed by atoms with Crippen LogP contribution < -0.4 is 5.32 Å². The molecule has 0 unspecified atom stereocenters. The van der Waals surface area contributed by atoms with Gasteiger partial charge in [-0.05, 0) is 55.0 Å². The average molecular weight is 369 g/mol. The Kier molecular flexibility index (Phi) is 4.02. The molecule has 0 aliphatic heterocycles. The molecule has 0 amide bonds. The minimum Gasteiger partial charge on any atom is -0.324 e. The van der Waals surface area contributed by atoms with Crippen LogP contribution in [0.15, 0.2) is 60.9 Å². The lowest BCUT2D eigenvalue weighted by Gasteiger charge is -2.09. The Balaban J connectivity index is 1.63. The number of fused-ring (bicyclic) bond motifs is 1. The molecule has 5 nitrogen and oxygen atoms in total. The number of rotatable bonds is 3. The van der Waals surface area contributed by atoms with E-state index in [9.17, 15) is 13.2 Å². The van der Waals surface area contributed by atoms with Gasteiger partial charge in [0.05, 0.1) is 11.3 Å². The first-order valence-electron chi connectivity index (χ1n) is 8.13. The molecule has 136 valence electrons. The molecule has 0 aliphatic carbocycles. The fourth-order valence-corrected chi connectivity index (χ4v) is 2.78. The van der Waals surface area contributed by atoms with E-state index in [-0.39, 0.29) is 0 Å². The largest absolute Gasteiger partial charge is 0.416 e. The van der Waals surface area contributed by atoms with Crippen molar-refractivity contribution in [3.63, 3.8) is 0 Å². The summed E-state index contributed by atoms with van der Waals surface area (Å²) >= 11 is 0. The van der Waals surface area contributed by atoms with Crippen molar-refractivity contribution in [1.82, 2.24) is 19.6 Å². The molecule has 3 heterocycles. The number of aryl methyl sites for hydroxylation is 1. The van der Waals surface area contributed by atoms with E-state index in [0.29, 0.717) is 17.3 Å². The molecule has 4 rings (SSSR count). The maximum atomic E-state index is 12.7. The Morgan fingerprint density at radius 3 is 2.48 bits per heavy atom. The molecule has 0 aliphatic rings. The minimum absolute atomic E-state index is 0.411. The molecule has 0 fully saturated rings. The number of alkyl halides is 3. The van der Waals surface area contributed by atoms with E-state index in [4.69, 9.17) is 0 Å². The molecule has 0 bridgehead atoms. The van der Waals surface area contributed by atoms with Gasteiger partial charge in [0, 0.05) is 23.6 Å². The van der Waals surface area contributed by atoms with Crippen LogP contribution in [0.3, 0.4) is 0 Å². The monoisotopic (exact) mass is 369 g/mol. The van der Waals surface area contributed by atoms with Crippen molar-refractivity contribution in [2.45, 2.75) is 13.1 Å². The molecule has 0 radical (unpaired) electrons. The van der Waals surface area contributed by atoms with E-state index in [0.717, 1.165) is 29.0 Å². The van der Waals surface area contributed by atoms with Gasteiger partial charge in [0.2, 0.25) is 5.95 Å². The lowest BCUT2D eigenvalue weighted by Crippen LogP contribution is -2.04. The van der Waals surface area contributed by atoms with E-state index in [1.54, 1.807) is 16.8 Å². The summed E-state index contributed by atoms with van der Waals surface area (Å²) in [5, 5.41) is 11.2. The molecule has 1 N–H and O–H groups in total. The highest BCUT2D eigenvalue weighted by molar-refractivity contribution is 5.68. The van der Waals surface area contributed by atoms with Gasteiger partial charge in [-0.2, -0.15) is 13.2 Å². The number of halogens is 3. The highest BCUT2D eigenvalue weighted by atomic mass is 19.4. The molecule has 27 heavy (non-hydrogen) atoms. The molecular weight excluding hydrogens is 355 g/mol. The Morgan fingerprint density at radius 1 is 1.00 bits per heavy atom. The second-order valence-corrected chi connectivity index (χ2v) is 6.04. The van der Waals surface area contributed by atoms with Crippen LogP contribution in [0.5, 0.6) is 0 Å². The van der Waals surface area contributed by atoms with Crippen LogP contribution in [0.1, 0.15) is 11.1 Å². The third kappa shape index (κ3) is 3.33. The number of anilines is 2. The van der Waals surface area contributed by atoms with E-state index < -0.39 is 11.7 Å². The fraction of sp³-hybridized carbons (Fsp3) is 0.105. The van der Waals surface area contributed by atoms with Crippen molar-refractivity contribution >= 4 is 17.3 Å². The molecule has 0 atom stereocenters. The van der Waals surface area contributed by atoms with Gasteiger partial charge in [0.25, 0.3) is 0 Å². The molecule has 0 saturated carbocycles. The lowest BCUT2D eigenvalue weighted by molar-refractivity contribution is -0.137. The summed E-state index contributed by atoms with van der Waals surface area (Å²) in [6.45, 7) is 1.98. The number of benzene rings is 1. The number of hydrogen-bond donors (Lipinski definition) is 1. The normalized spacial score (nSPS) is 11.7. The standard InChI is InChI=1S/C19H14F3N5/c1-12-3-2-9-23-17(12)13-8-10-27-16(11-13)25-26-18(27)24-15-6-4-14(5-7-15)19(20,21)22/h2-11H,1H3,(H,24,26). The zero-order valence-corrected chi connectivity index (χ0v) is 14.2. The highest BCUT2D eigenvalue weighted by Gasteiger charge is 2.29. The Bertz CT molecular complexity index is 1100. The molecule has 8 heteroatoms. The Morgan fingerprint density at radius 2 is 1.78 bits per heavy atom. The molecular formula is C19H14F3N5. The summed E-state index contributed by atoms with van der Waals surface area (Å²) in [4.78, 5) is 4.39. The van der Waals surface area contributed by atoms with Gasteiger partial charge in [0.1, 0.15) is 0 Å². The van der Waals surface area contributed by atoms with Gasteiger partial charge in [-0.25, -0.2) is 0 Å². The quantitative estimate of drug-likeness (QED) is 0.560. The summed E-state index contributed by atoms with van der Waals surface area (Å²) < 4.78 is 39.7. The van der Waals surface area contributed by atoms with E-state index in [1.165, 1.54) is 12.1 Å². The van der Waals surface area contributed by atoms with Gasteiger partial charge >= 0.3 is 6.18 Å². The van der Waals surface area contributed by atoms with Crippen LogP contribution >= 0.6 is 0 Å². The van der Waals surface area contributed by atoms with Crippen molar-refractivity contribution in [2.75, 3.05) is 5.32 Å². The van der Waals surface area contributed by atoms with E-state index in [1.807, 2.05) is 31.2 Å². The molecule has 1 aromatic carbocycles. The second kappa shape index (κ2) is 6.39. The van der Waals surface area contributed by atoms with Crippen molar-refractivity contribution in [1.29, 1.82) is 0 Å². The summed E-state index contributed by atoms with van der Waals surface area (Å²) in [5.41, 5.74) is 3.21. The maximum absolute atomic E-state index is 12.7. The summed E-state index contributed by atoms with van der Waals surface area (Å²) in [7, 11) is 0.